The van der Waals surface area contributed by atoms with Crippen molar-refractivity contribution in [2.75, 3.05) is 39.7 Å². The van der Waals surface area contributed by atoms with Crippen LogP contribution in [0.15, 0.2) is 29.4 Å². The van der Waals surface area contributed by atoms with E-state index in [0.29, 0.717) is 24.6 Å². The molecule has 2 aromatic heterocycles. The summed E-state index contributed by atoms with van der Waals surface area (Å²) in [7, 11) is -2.30. The molecule has 1 N–H and O–H groups in total. The van der Waals surface area contributed by atoms with Gasteiger partial charge in [0.25, 0.3) is 0 Å². The Morgan fingerprint density at radius 2 is 1.67 bits per heavy atom. The number of nitrogens with zero attached hydrogens (tertiary/aromatic N) is 3. The number of aromatic nitrogens is 3. The summed E-state index contributed by atoms with van der Waals surface area (Å²) in [5.74, 6) is 1.07. The fraction of sp³-hybridized carbons (Fsp3) is 0.487. The zero-order valence-electron chi connectivity index (χ0n) is 32.4. The molecule has 11 nitrogen and oxygen atoms in total. The molecule has 0 aliphatic heterocycles. The largest absolute Gasteiger partial charge is 0.480 e. The molecule has 0 saturated heterocycles. The molecule has 54 heavy (non-hydrogen) atoms. The summed E-state index contributed by atoms with van der Waals surface area (Å²) >= 11 is 0. The monoisotopic (exact) mass is 782 g/mol. The van der Waals surface area contributed by atoms with Crippen molar-refractivity contribution in [3.8, 4) is 34.4 Å². The fourth-order valence-electron chi connectivity index (χ4n) is 7.94. The molecule has 2 aromatic carbocycles. The minimum atomic E-state index is -4.06. The normalized spacial score (nSPS) is 16.3. The van der Waals surface area contributed by atoms with Crippen molar-refractivity contribution in [3.63, 3.8) is 0 Å². The number of rotatable bonds is 12. The number of carbonyl (C=O) groups excluding carboxylic acids is 1. The highest BCUT2D eigenvalue weighted by atomic mass is 32.2. The Morgan fingerprint density at radius 3 is 2.26 bits per heavy atom. The van der Waals surface area contributed by atoms with Gasteiger partial charge in [0.05, 0.1) is 25.7 Å². The maximum absolute atomic E-state index is 17.3. The summed E-state index contributed by atoms with van der Waals surface area (Å²) in [6.07, 6.45) is 2.38. The molecule has 4 aromatic rings. The lowest BCUT2D eigenvalue weighted by Gasteiger charge is -2.38. The number of ether oxygens (including phenoxy) is 4. The first kappa shape index (κ1) is 40.8. The number of anilines is 1. The van der Waals surface area contributed by atoms with Crippen LogP contribution in [0.2, 0.25) is 16.6 Å². The average molecular weight is 783 g/mol. The summed E-state index contributed by atoms with van der Waals surface area (Å²) in [5, 5.41) is 3.35. The van der Waals surface area contributed by atoms with E-state index in [4.69, 9.17) is 18.9 Å². The molecule has 1 aliphatic rings. The maximum Gasteiger partial charge on any atom is 0.308 e. The van der Waals surface area contributed by atoms with Gasteiger partial charge in [0.15, 0.2) is 12.6 Å². The summed E-state index contributed by atoms with van der Waals surface area (Å²) in [4.78, 5) is 25.3. The number of sulfone groups is 1. The van der Waals surface area contributed by atoms with E-state index in [0.717, 1.165) is 6.26 Å². The lowest BCUT2D eigenvalue weighted by atomic mass is 9.95. The molecule has 0 unspecified atom stereocenters. The third-order valence-corrected chi connectivity index (χ3v) is 17.6. The average Bonchev–Trinajstić information content (AvgIpc) is 3.59. The molecule has 2 atom stereocenters. The topological polar surface area (TPSA) is 139 Å². The number of esters is 1. The van der Waals surface area contributed by atoms with E-state index in [1.807, 2.05) is 0 Å². The van der Waals surface area contributed by atoms with E-state index in [1.54, 1.807) is 12.1 Å². The van der Waals surface area contributed by atoms with Gasteiger partial charge < -0.3 is 24.3 Å². The Labute approximate surface area is 316 Å². The minimum Gasteiger partial charge on any atom is -0.480 e. The maximum atomic E-state index is 17.3. The Bertz CT molecular complexity index is 2240. The summed E-state index contributed by atoms with van der Waals surface area (Å²) in [6, 6.07) is 5.76. The van der Waals surface area contributed by atoms with Crippen LogP contribution in [0.3, 0.4) is 0 Å². The van der Waals surface area contributed by atoms with Crippen LogP contribution in [-0.4, -0.2) is 77.8 Å². The van der Waals surface area contributed by atoms with Crippen molar-refractivity contribution in [1.82, 2.24) is 15.0 Å². The van der Waals surface area contributed by atoms with Gasteiger partial charge >= 0.3 is 5.97 Å². The Morgan fingerprint density at radius 1 is 0.981 bits per heavy atom. The highest BCUT2D eigenvalue weighted by Crippen LogP contribution is 2.44. The van der Waals surface area contributed by atoms with Gasteiger partial charge in [-0.05, 0) is 59.5 Å². The van der Waals surface area contributed by atoms with Crippen LogP contribution in [0.1, 0.15) is 66.4 Å². The zero-order valence-corrected chi connectivity index (χ0v) is 34.2. The van der Waals surface area contributed by atoms with Crippen LogP contribution < -0.4 is 14.8 Å². The molecule has 15 heteroatoms. The van der Waals surface area contributed by atoms with E-state index >= 15 is 8.78 Å². The second-order valence-corrected chi connectivity index (χ2v) is 22.2. The van der Waals surface area contributed by atoms with E-state index in [9.17, 15) is 13.2 Å². The summed E-state index contributed by atoms with van der Waals surface area (Å²) in [6.45, 7) is 12.8. The highest BCUT2D eigenvalue weighted by Gasteiger charge is 2.42. The molecule has 1 fully saturated rings. The molecule has 1 aliphatic carbocycles. The van der Waals surface area contributed by atoms with Crippen LogP contribution in [-0.2, 0) is 24.1 Å². The second kappa shape index (κ2) is 16.1. The Balaban J connectivity index is 1.85. The third-order valence-electron chi connectivity index (χ3n) is 10.5. The van der Waals surface area contributed by atoms with E-state index < -0.39 is 34.7 Å². The van der Waals surface area contributed by atoms with Crippen LogP contribution in [0.25, 0.3) is 32.9 Å². The first-order valence-electron chi connectivity index (χ1n) is 17.9. The SMILES string of the molecule is COCOc1cc(-c2nc(OC)c3c(N[C@@H]4CC[C@H](C(=O)OC)C4)nc(S(C)(=O)=O)nc3c2F)c2c(C#C[Si](C(C)C)(C(C)C)C(C)C)c(F)ccc2c1. The number of carbonyl (C=O) groups is 1. The highest BCUT2D eigenvalue weighted by molar-refractivity contribution is 7.90. The Kier molecular flexibility index (Phi) is 12.2. The van der Waals surface area contributed by atoms with Gasteiger partial charge in [-0.2, -0.15) is 0 Å². The van der Waals surface area contributed by atoms with Crippen molar-refractivity contribution in [3.05, 3.63) is 41.5 Å². The van der Waals surface area contributed by atoms with Gasteiger partial charge in [-0.25, -0.2) is 32.2 Å². The van der Waals surface area contributed by atoms with Crippen LogP contribution in [0.5, 0.6) is 11.6 Å². The van der Waals surface area contributed by atoms with E-state index in [2.05, 4.69) is 73.3 Å². The molecule has 0 radical (unpaired) electrons. The molecule has 290 valence electrons. The molecular formula is C39H48F2N4O7SSi. The van der Waals surface area contributed by atoms with E-state index in [-0.39, 0.29) is 91.9 Å². The number of hydrogen-bond donors (Lipinski definition) is 1. The van der Waals surface area contributed by atoms with Crippen LogP contribution in [0, 0.1) is 29.0 Å². The van der Waals surface area contributed by atoms with Crippen molar-refractivity contribution in [1.29, 1.82) is 0 Å². The zero-order chi connectivity index (χ0) is 39.7. The predicted molar refractivity (Wildman–Crippen MR) is 207 cm³/mol. The lowest BCUT2D eigenvalue weighted by molar-refractivity contribution is -0.145. The molecule has 0 bridgehead atoms. The molecule has 0 amide bonds. The van der Waals surface area contributed by atoms with Gasteiger partial charge in [0, 0.05) is 30.4 Å². The summed E-state index contributed by atoms with van der Waals surface area (Å²) < 4.78 is 80.8. The van der Waals surface area contributed by atoms with Crippen molar-refractivity contribution in [2.45, 2.75) is 88.6 Å². The third kappa shape index (κ3) is 7.74. The number of pyridine rings is 1. The molecule has 1 saturated carbocycles. The van der Waals surface area contributed by atoms with Gasteiger partial charge in [-0.1, -0.05) is 53.5 Å². The Hall–Kier alpha value is -4.39. The predicted octanol–water partition coefficient (Wildman–Crippen LogP) is 7.84. The number of benzene rings is 2. The number of halogens is 2. The van der Waals surface area contributed by atoms with Gasteiger partial charge in [-0.3, -0.25) is 4.79 Å². The standard InChI is InChI=1S/C39H48F2N4O7SSi/c1-21(2)54(22(3)4,23(5)6)16-15-28-30(40)14-12-24-18-27(52-20-49-7)19-29(31(24)28)34-33(41)35-32(37(43-34)50-8)36(45-39(44-35)53(10,47)48)42-26-13-11-25(17-26)38(46)51-9/h12,14,18-19,21-23,25-26H,11,13,17,20H2,1-10H3,(H,42,44,45)/t25-,26+/m0/s1. The molecule has 5 rings (SSSR count). The molecule has 0 spiro atoms. The summed E-state index contributed by atoms with van der Waals surface area (Å²) in [5.41, 5.74) is 3.90. The van der Waals surface area contributed by atoms with Crippen LogP contribution >= 0.6 is 0 Å². The number of methoxy groups -OCH3 is 3. The lowest BCUT2D eigenvalue weighted by Crippen LogP contribution is -2.43. The first-order chi connectivity index (χ1) is 25.5. The fourth-order valence-corrected chi connectivity index (χ4v) is 13.7. The van der Waals surface area contributed by atoms with Gasteiger partial charge in [-0.15, -0.1) is 5.54 Å². The second-order valence-electron chi connectivity index (χ2n) is 14.7. The van der Waals surface area contributed by atoms with Gasteiger partial charge in [0.2, 0.25) is 20.9 Å². The van der Waals surface area contributed by atoms with Crippen molar-refractivity contribution >= 4 is 51.4 Å². The van der Waals surface area contributed by atoms with Crippen molar-refractivity contribution < 1.29 is 40.9 Å². The molecule has 2 heterocycles. The van der Waals surface area contributed by atoms with Crippen molar-refractivity contribution in [2.24, 2.45) is 5.92 Å². The number of nitrogens with one attached hydrogen (secondary N) is 1. The van der Waals surface area contributed by atoms with Gasteiger partial charge in [0.1, 0.15) is 42.1 Å². The molecular weight excluding hydrogens is 735 g/mol. The first-order valence-corrected chi connectivity index (χ1v) is 22.0. The van der Waals surface area contributed by atoms with E-state index in [1.165, 1.54) is 33.5 Å². The number of fused-ring (bicyclic) bond motifs is 2. The quantitative estimate of drug-likeness (QED) is 0.0495. The number of hydrogen-bond acceptors (Lipinski definition) is 11. The minimum absolute atomic E-state index is 0.00320. The smallest absolute Gasteiger partial charge is 0.308 e. The van der Waals surface area contributed by atoms with Crippen LogP contribution in [0.4, 0.5) is 14.6 Å².